The Morgan fingerprint density at radius 2 is 1.92 bits per heavy atom. The Bertz CT molecular complexity index is 2050. The summed E-state index contributed by atoms with van der Waals surface area (Å²) in [6, 6.07) is 23.8. The van der Waals surface area contributed by atoms with E-state index < -0.39 is 5.97 Å². The highest BCUT2D eigenvalue weighted by atomic mass is 35.5. The van der Waals surface area contributed by atoms with E-state index in [2.05, 4.69) is 74.7 Å². The molecule has 2 aromatic heterocycles. The minimum Gasteiger partial charge on any atom is -0.496 e. The highest BCUT2D eigenvalue weighted by Crippen LogP contribution is 2.58. The molecule has 0 bridgehead atoms. The van der Waals surface area contributed by atoms with E-state index in [0.717, 1.165) is 56.6 Å². The molecule has 7 rings (SSSR count). The lowest BCUT2D eigenvalue weighted by Crippen LogP contribution is -2.50. The Balaban J connectivity index is 1.30. The van der Waals surface area contributed by atoms with E-state index >= 15 is 0 Å². The summed E-state index contributed by atoms with van der Waals surface area (Å²) in [4.78, 5) is 17.4. The number of aromatic nitrogens is 2. The van der Waals surface area contributed by atoms with Gasteiger partial charge in [-0.25, -0.2) is 4.98 Å². The maximum atomic E-state index is 11.0. The van der Waals surface area contributed by atoms with Crippen LogP contribution in [0.25, 0.3) is 32.9 Å². The fraction of sp³-hybridized carbons (Fsp3) is 0.429. The normalized spacial score (nSPS) is 21.6. The summed E-state index contributed by atoms with van der Waals surface area (Å²) in [6.45, 7) is 10.8. The molecule has 0 aliphatic heterocycles. The Hall–Kier alpha value is -3.81. The summed E-state index contributed by atoms with van der Waals surface area (Å²) in [5.41, 5.74) is 8.75. The number of carboxylic acids is 1. The van der Waals surface area contributed by atoms with Crippen LogP contribution in [0, 0.1) is 11.3 Å². The van der Waals surface area contributed by atoms with Gasteiger partial charge in [-0.1, -0.05) is 70.0 Å². The minimum absolute atomic E-state index is 0.0458. The first-order valence-electron chi connectivity index (χ1n) is 17.9. The topological polar surface area (TPSA) is 73.6 Å². The molecule has 0 unspecified atom stereocenters. The van der Waals surface area contributed by atoms with Crippen molar-refractivity contribution in [2.45, 2.75) is 90.5 Å². The molecule has 2 aliphatic rings. The van der Waals surface area contributed by atoms with Gasteiger partial charge in [-0.15, -0.1) is 11.3 Å². The van der Waals surface area contributed by atoms with Gasteiger partial charge in [0.15, 0.2) is 0 Å². The number of aliphatic carboxylic acids is 1. The number of benzene rings is 3. The molecule has 1 N–H and O–H groups in total. The maximum absolute atomic E-state index is 11.0. The molecule has 2 aliphatic carbocycles. The zero-order chi connectivity index (χ0) is 35.2. The quantitative estimate of drug-likeness (QED) is 0.138. The molecule has 0 spiro atoms. The number of methoxy groups -OCH3 is 1. The summed E-state index contributed by atoms with van der Waals surface area (Å²) in [7, 11) is 1.68. The molecule has 6 nitrogen and oxygen atoms in total. The lowest BCUT2D eigenvalue weighted by Gasteiger charge is -2.56. The van der Waals surface area contributed by atoms with Crippen LogP contribution in [-0.2, 0) is 23.2 Å². The standard InChI is InChI=1S/C42H47ClN2O4S/c1-26(2)27-9-14-32-28(22-27)11-17-37-41(3,19-7-20-42(32,37)4)25-45-34-15-10-29(36-16-18-38(43)50-36)23-33(34)44-40(45)31-13-12-30(24-35(31)48-5)49-21-6-8-39(46)47/h9-10,12-16,18,22-24,26,37H,6-8,11,17,19-21,25H2,1-5H3,(H,46,47)/t37-,41-,42+/m0/s1. The van der Waals surface area contributed by atoms with Crippen molar-refractivity contribution < 1.29 is 19.4 Å². The van der Waals surface area contributed by atoms with Gasteiger partial charge in [0.05, 0.1) is 34.6 Å². The molecule has 5 aromatic rings. The molecular formula is C42H47ClN2O4S. The maximum Gasteiger partial charge on any atom is 0.303 e. The number of hydrogen-bond acceptors (Lipinski definition) is 5. The van der Waals surface area contributed by atoms with E-state index in [4.69, 9.17) is 31.2 Å². The monoisotopic (exact) mass is 710 g/mol. The second-order valence-corrected chi connectivity index (χ2v) is 16.8. The fourth-order valence-corrected chi connectivity index (χ4v) is 10.1. The highest BCUT2D eigenvalue weighted by Gasteiger charge is 2.52. The largest absolute Gasteiger partial charge is 0.496 e. The Morgan fingerprint density at radius 1 is 1.08 bits per heavy atom. The number of fused-ring (bicyclic) bond motifs is 4. The third-order valence-electron chi connectivity index (χ3n) is 11.5. The first-order chi connectivity index (χ1) is 24.0. The first-order valence-corrected chi connectivity index (χ1v) is 19.1. The summed E-state index contributed by atoms with van der Waals surface area (Å²) < 4.78 is 15.1. The predicted molar refractivity (Wildman–Crippen MR) is 204 cm³/mol. The molecule has 3 aromatic carbocycles. The number of halogens is 1. The number of aryl methyl sites for hydroxylation is 1. The third-order valence-corrected chi connectivity index (χ3v) is 12.8. The van der Waals surface area contributed by atoms with E-state index in [1.165, 1.54) is 24.8 Å². The Kier molecular flexibility index (Phi) is 9.50. The zero-order valence-corrected chi connectivity index (χ0v) is 31.3. The van der Waals surface area contributed by atoms with E-state index in [1.807, 2.05) is 24.3 Å². The molecule has 3 atom stereocenters. The van der Waals surface area contributed by atoms with Crippen molar-refractivity contribution in [1.82, 2.24) is 9.55 Å². The minimum atomic E-state index is -0.824. The third kappa shape index (κ3) is 6.43. The molecular weight excluding hydrogens is 664 g/mol. The second kappa shape index (κ2) is 13.7. The predicted octanol–water partition coefficient (Wildman–Crippen LogP) is 11.2. The van der Waals surface area contributed by atoms with E-state index in [1.54, 1.807) is 29.6 Å². The van der Waals surface area contributed by atoms with Gasteiger partial charge >= 0.3 is 5.97 Å². The van der Waals surface area contributed by atoms with Crippen LogP contribution in [0.3, 0.4) is 0 Å². The zero-order valence-electron chi connectivity index (χ0n) is 29.7. The molecule has 262 valence electrons. The van der Waals surface area contributed by atoms with Gasteiger partial charge in [-0.3, -0.25) is 4.79 Å². The average Bonchev–Trinajstić information content (AvgIpc) is 3.68. The van der Waals surface area contributed by atoms with Crippen molar-refractivity contribution in [3.05, 3.63) is 87.8 Å². The van der Waals surface area contributed by atoms with Crippen LogP contribution in [0.15, 0.2) is 66.7 Å². The molecule has 0 amide bonds. The number of rotatable bonds is 11. The molecule has 50 heavy (non-hydrogen) atoms. The molecule has 1 fully saturated rings. The van der Waals surface area contributed by atoms with Crippen LogP contribution in [-0.4, -0.2) is 34.3 Å². The first kappa shape index (κ1) is 34.6. The molecule has 2 heterocycles. The van der Waals surface area contributed by atoms with Crippen LogP contribution in [0.5, 0.6) is 11.5 Å². The molecule has 1 saturated carbocycles. The summed E-state index contributed by atoms with van der Waals surface area (Å²) in [5.74, 6) is 2.43. The van der Waals surface area contributed by atoms with Gasteiger partial charge in [0.25, 0.3) is 0 Å². The molecule has 0 saturated heterocycles. The second-order valence-electron chi connectivity index (χ2n) is 15.1. The number of imidazole rings is 1. The highest BCUT2D eigenvalue weighted by molar-refractivity contribution is 7.19. The number of hydrogen-bond donors (Lipinski definition) is 1. The average molecular weight is 711 g/mol. The van der Waals surface area contributed by atoms with E-state index in [-0.39, 0.29) is 17.3 Å². The fourth-order valence-electron chi connectivity index (χ4n) is 9.03. The van der Waals surface area contributed by atoms with Gasteiger partial charge in [-0.2, -0.15) is 0 Å². The van der Waals surface area contributed by atoms with Crippen molar-refractivity contribution in [2.75, 3.05) is 13.7 Å². The number of nitrogens with zero attached hydrogens (tertiary/aromatic N) is 2. The van der Waals surface area contributed by atoms with Gasteiger partial charge in [0, 0.05) is 23.9 Å². The van der Waals surface area contributed by atoms with Crippen molar-refractivity contribution in [2.24, 2.45) is 11.3 Å². The number of carbonyl (C=O) groups is 1. The van der Waals surface area contributed by atoms with Gasteiger partial charge in [0.2, 0.25) is 0 Å². The lowest BCUT2D eigenvalue weighted by atomic mass is 9.49. The van der Waals surface area contributed by atoms with Crippen molar-refractivity contribution in [3.63, 3.8) is 0 Å². The van der Waals surface area contributed by atoms with Crippen molar-refractivity contribution in [1.29, 1.82) is 0 Å². The van der Waals surface area contributed by atoms with Gasteiger partial charge in [0.1, 0.15) is 17.3 Å². The van der Waals surface area contributed by atoms with Crippen LogP contribution in [0.1, 0.15) is 88.8 Å². The van der Waals surface area contributed by atoms with Crippen LogP contribution in [0.4, 0.5) is 0 Å². The Morgan fingerprint density at radius 3 is 2.66 bits per heavy atom. The molecule has 0 radical (unpaired) electrons. The Labute approximate surface area is 304 Å². The lowest BCUT2D eigenvalue weighted by molar-refractivity contribution is -0.137. The van der Waals surface area contributed by atoms with Gasteiger partial charge in [-0.05, 0) is 113 Å². The summed E-state index contributed by atoms with van der Waals surface area (Å²) in [6.07, 6.45) is 6.39. The van der Waals surface area contributed by atoms with Crippen LogP contribution < -0.4 is 9.47 Å². The van der Waals surface area contributed by atoms with Crippen LogP contribution in [0.2, 0.25) is 4.34 Å². The SMILES string of the molecule is COc1cc(OCCCC(=O)O)ccc1-c1nc2cc(-c3ccc(Cl)s3)ccc2n1C[C@]1(C)CCC[C@]2(C)c3ccc(C(C)C)cc3CC[C@@H]12. The summed E-state index contributed by atoms with van der Waals surface area (Å²) >= 11 is 7.91. The molecule has 8 heteroatoms. The number of thiophene rings is 1. The number of ether oxygens (including phenoxy) is 2. The van der Waals surface area contributed by atoms with Crippen molar-refractivity contribution in [3.8, 4) is 33.3 Å². The summed E-state index contributed by atoms with van der Waals surface area (Å²) in [5, 5.41) is 9.02. The van der Waals surface area contributed by atoms with Crippen LogP contribution >= 0.6 is 22.9 Å². The van der Waals surface area contributed by atoms with Crippen molar-refractivity contribution >= 4 is 39.9 Å². The van der Waals surface area contributed by atoms with E-state index in [9.17, 15) is 4.79 Å². The van der Waals surface area contributed by atoms with Gasteiger partial charge < -0.3 is 19.1 Å². The number of carboxylic acid groups (broad SMARTS) is 1. The smallest absolute Gasteiger partial charge is 0.303 e. The van der Waals surface area contributed by atoms with E-state index in [0.29, 0.717) is 36.4 Å².